The van der Waals surface area contributed by atoms with Crippen molar-refractivity contribution in [2.75, 3.05) is 5.32 Å². The van der Waals surface area contributed by atoms with E-state index in [1.807, 2.05) is 45.2 Å². The smallest absolute Gasteiger partial charge is 0.237 e. The highest BCUT2D eigenvalue weighted by atomic mass is 32.2. The maximum absolute atomic E-state index is 13.1. The van der Waals surface area contributed by atoms with Crippen LogP contribution in [0, 0.1) is 12.7 Å². The lowest BCUT2D eigenvalue weighted by Gasteiger charge is -2.12. The first-order valence-electron chi connectivity index (χ1n) is 8.13. The number of aromatic nitrogens is 3. The van der Waals surface area contributed by atoms with Crippen LogP contribution in [0.1, 0.15) is 12.5 Å². The minimum atomic E-state index is -0.348. The lowest BCUT2D eigenvalue weighted by atomic mass is 10.2. The first kappa shape index (κ1) is 18.1. The van der Waals surface area contributed by atoms with Crippen molar-refractivity contribution in [2.45, 2.75) is 24.3 Å². The third-order valence-electron chi connectivity index (χ3n) is 3.87. The topological polar surface area (TPSA) is 59.8 Å². The normalized spacial score (nSPS) is 12.0. The number of hydrogen-bond donors (Lipinski definition) is 1. The molecule has 1 aromatic heterocycles. The van der Waals surface area contributed by atoms with Crippen LogP contribution in [-0.4, -0.2) is 25.9 Å². The van der Waals surface area contributed by atoms with E-state index in [4.69, 9.17) is 0 Å². The molecule has 0 saturated heterocycles. The molecule has 1 atom stereocenters. The second-order valence-corrected chi connectivity index (χ2v) is 7.30. The summed E-state index contributed by atoms with van der Waals surface area (Å²) in [6.07, 6.45) is 0. The van der Waals surface area contributed by atoms with E-state index in [1.54, 1.807) is 16.7 Å². The molecule has 0 radical (unpaired) electrons. The van der Waals surface area contributed by atoms with E-state index in [1.165, 1.54) is 23.9 Å². The van der Waals surface area contributed by atoms with Crippen molar-refractivity contribution in [2.24, 2.45) is 7.05 Å². The second kappa shape index (κ2) is 7.70. The molecule has 0 fully saturated rings. The molecule has 134 valence electrons. The summed E-state index contributed by atoms with van der Waals surface area (Å²) in [6, 6.07) is 13.7. The number of rotatable bonds is 5. The van der Waals surface area contributed by atoms with E-state index >= 15 is 0 Å². The van der Waals surface area contributed by atoms with Gasteiger partial charge in [0.25, 0.3) is 0 Å². The number of benzene rings is 2. The van der Waals surface area contributed by atoms with E-state index in [0.717, 1.165) is 16.8 Å². The van der Waals surface area contributed by atoms with Gasteiger partial charge in [-0.2, -0.15) is 0 Å². The summed E-state index contributed by atoms with van der Waals surface area (Å²) >= 11 is 1.32. The molecule has 7 heteroatoms. The van der Waals surface area contributed by atoms with Crippen molar-refractivity contribution in [1.29, 1.82) is 0 Å². The SMILES string of the molecule is Cc1cccc(NC(=O)[C@@H](C)Sc2nnc(-c3ccc(F)cc3)n2C)c1. The molecule has 0 aliphatic heterocycles. The van der Waals surface area contributed by atoms with Gasteiger partial charge in [0.2, 0.25) is 5.91 Å². The molecule has 5 nitrogen and oxygen atoms in total. The number of halogens is 1. The van der Waals surface area contributed by atoms with Crippen LogP contribution < -0.4 is 5.32 Å². The van der Waals surface area contributed by atoms with Gasteiger partial charge in [0.05, 0.1) is 5.25 Å². The monoisotopic (exact) mass is 370 g/mol. The van der Waals surface area contributed by atoms with Gasteiger partial charge in [-0.15, -0.1) is 10.2 Å². The summed E-state index contributed by atoms with van der Waals surface area (Å²) in [5.74, 6) is 0.220. The van der Waals surface area contributed by atoms with Crippen molar-refractivity contribution in [3.8, 4) is 11.4 Å². The third-order valence-corrected chi connectivity index (χ3v) is 5.01. The molecule has 3 rings (SSSR count). The van der Waals surface area contributed by atoms with Crippen molar-refractivity contribution in [1.82, 2.24) is 14.8 Å². The van der Waals surface area contributed by atoms with Gasteiger partial charge in [0.1, 0.15) is 5.82 Å². The van der Waals surface area contributed by atoms with Crippen LogP contribution in [0.2, 0.25) is 0 Å². The molecular formula is C19H19FN4OS. The molecule has 1 amide bonds. The summed E-state index contributed by atoms with van der Waals surface area (Å²) < 4.78 is 14.9. The van der Waals surface area contributed by atoms with E-state index < -0.39 is 0 Å². The van der Waals surface area contributed by atoms with Gasteiger partial charge in [-0.3, -0.25) is 4.79 Å². The molecular weight excluding hydrogens is 351 g/mol. The van der Waals surface area contributed by atoms with Gasteiger partial charge in [0, 0.05) is 18.3 Å². The minimum absolute atomic E-state index is 0.105. The van der Waals surface area contributed by atoms with Crippen molar-refractivity contribution in [3.63, 3.8) is 0 Å². The van der Waals surface area contributed by atoms with Crippen LogP contribution in [0.25, 0.3) is 11.4 Å². The number of carbonyl (C=O) groups excluding carboxylic acids is 1. The number of anilines is 1. The number of thioether (sulfide) groups is 1. The lowest BCUT2D eigenvalue weighted by Crippen LogP contribution is -2.22. The zero-order valence-corrected chi connectivity index (χ0v) is 15.5. The van der Waals surface area contributed by atoms with Gasteiger partial charge in [-0.25, -0.2) is 4.39 Å². The third kappa shape index (κ3) is 4.11. The lowest BCUT2D eigenvalue weighted by molar-refractivity contribution is -0.115. The minimum Gasteiger partial charge on any atom is -0.325 e. The fourth-order valence-electron chi connectivity index (χ4n) is 2.45. The first-order chi connectivity index (χ1) is 12.4. The average molecular weight is 370 g/mol. The average Bonchev–Trinajstić information content (AvgIpc) is 2.96. The molecule has 1 N–H and O–H groups in total. The highest BCUT2D eigenvalue weighted by Gasteiger charge is 2.19. The zero-order valence-electron chi connectivity index (χ0n) is 14.7. The maximum atomic E-state index is 13.1. The Balaban J connectivity index is 1.70. The Morgan fingerprint density at radius 2 is 1.92 bits per heavy atom. The molecule has 0 unspecified atom stereocenters. The number of nitrogens with one attached hydrogen (secondary N) is 1. The predicted molar refractivity (Wildman–Crippen MR) is 102 cm³/mol. The molecule has 0 aliphatic carbocycles. The summed E-state index contributed by atoms with van der Waals surface area (Å²) in [4.78, 5) is 12.4. The summed E-state index contributed by atoms with van der Waals surface area (Å²) in [5, 5.41) is 11.5. The number of amides is 1. The summed E-state index contributed by atoms with van der Waals surface area (Å²) in [7, 11) is 1.83. The number of nitrogens with zero attached hydrogens (tertiary/aromatic N) is 3. The second-order valence-electron chi connectivity index (χ2n) is 5.99. The highest BCUT2D eigenvalue weighted by Crippen LogP contribution is 2.26. The molecule has 26 heavy (non-hydrogen) atoms. The van der Waals surface area contributed by atoms with Crippen LogP contribution in [0.15, 0.2) is 53.7 Å². The largest absolute Gasteiger partial charge is 0.325 e. The van der Waals surface area contributed by atoms with Gasteiger partial charge >= 0.3 is 0 Å². The van der Waals surface area contributed by atoms with Crippen LogP contribution in [0.4, 0.5) is 10.1 Å². The number of hydrogen-bond acceptors (Lipinski definition) is 4. The van der Waals surface area contributed by atoms with Gasteiger partial charge in [-0.1, -0.05) is 23.9 Å². The molecule has 2 aromatic carbocycles. The standard InChI is InChI=1S/C19H19FN4OS/c1-12-5-4-6-16(11-12)21-18(25)13(2)26-19-23-22-17(24(19)3)14-7-9-15(20)10-8-14/h4-11,13H,1-3H3,(H,21,25)/t13-/m1/s1. The molecule has 0 aliphatic rings. The maximum Gasteiger partial charge on any atom is 0.237 e. The Kier molecular flexibility index (Phi) is 5.37. The van der Waals surface area contributed by atoms with E-state index in [9.17, 15) is 9.18 Å². The van der Waals surface area contributed by atoms with Crippen LogP contribution in [-0.2, 0) is 11.8 Å². The van der Waals surface area contributed by atoms with E-state index in [2.05, 4.69) is 15.5 Å². The quantitative estimate of drug-likeness (QED) is 0.689. The summed E-state index contributed by atoms with van der Waals surface area (Å²) in [5.41, 5.74) is 2.62. The van der Waals surface area contributed by atoms with Gasteiger partial charge < -0.3 is 9.88 Å². The van der Waals surface area contributed by atoms with Crippen molar-refractivity contribution in [3.05, 3.63) is 59.9 Å². The van der Waals surface area contributed by atoms with Gasteiger partial charge in [0.15, 0.2) is 11.0 Å². The highest BCUT2D eigenvalue weighted by molar-refractivity contribution is 8.00. The fourth-order valence-corrected chi connectivity index (χ4v) is 3.26. The fraction of sp³-hybridized carbons (Fsp3) is 0.211. The number of carbonyl (C=O) groups is 1. The van der Waals surface area contributed by atoms with Crippen molar-refractivity contribution < 1.29 is 9.18 Å². The van der Waals surface area contributed by atoms with E-state index in [0.29, 0.717) is 11.0 Å². The molecule has 0 spiro atoms. The Morgan fingerprint density at radius 3 is 2.62 bits per heavy atom. The molecule has 0 bridgehead atoms. The van der Waals surface area contributed by atoms with E-state index in [-0.39, 0.29) is 17.0 Å². The zero-order chi connectivity index (χ0) is 18.7. The molecule has 3 aromatic rings. The van der Waals surface area contributed by atoms with Crippen molar-refractivity contribution >= 4 is 23.4 Å². The van der Waals surface area contributed by atoms with Crippen LogP contribution >= 0.6 is 11.8 Å². The Morgan fingerprint density at radius 1 is 1.19 bits per heavy atom. The molecule has 0 saturated carbocycles. The Hall–Kier alpha value is -2.67. The predicted octanol–water partition coefficient (Wildman–Crippen LogP) is 4.05. The Labute approximate surface area is 155 Å². The van der Waals surface area contributed by atoms with Crippen LogP contribution in [0.3, 0.4) is 0 Å². The number of aryl methyl sites for hydroxylation is 1. The molecule has 1 heterocycles. The first-order valence-corrected chi connectivity index (χ1v) is 9.01. The Bertz CT molecular complexity index is 924. The van der Waals surface area contributed by atoms with Crippen LogP contribution in [0.5, 0.6) is 0 Å². The summed E-state index contributed by atoms with van der Waals surface area (Å²) in [6.45, 7) is 3.80. The van der Waals surface area contributed by atoms with Gasteiger partial charge in [-0.05, 0) is 55.8 Å².